The fourth-order valence-corrected chi connectivity index (χ4v) is 2.62. The number of aryl methyl sites for hydroxylation is 1. The van der Waals surface area contributed by atoms with Crippen LogP contribution in [0.2, 0.25) is 0 Å². The number of pyridine rings is 1. The van der Waals surface area contributed by atoms with Gasteiger partial charge in [0.2, 0.25) is 0 Å². The molecule has 4 nitrogen and oxygen atoms in total. The van der Waals surface area contributed by atoms with Gasteiger partial charge in [0, 0.05) is 5.39 Å². The van der Waals surface area contributed by atoms with E-state index in [0.717, 1.165) is 27.3 Å². The number of rotatable bonds is 2. The molecule has 0 amide bonds. The van der Waals surface area contributed by atoms with Crippen LogP contribution in [-0.4, -0.2) is 9.36 Å². The Morgan fingerprint density at radius 1 is 1.32 bits per heavy atom. The van der Waals surface area contributed by atoms with Crippen molar-refractivity contribution < 1.29 is 0 Å². The van der Waals surface area contributed by atoms with Crippen LogP contribution < -0.4 is 5.32 Å². The lowest BCUT2D eigenvalue weighted by Crippen LogP contribution is -1.91. The summed E-state index contributed by atoms with van der Waals surface area (Å²) < 4.78 is 4.18. The van der Waals surface area contributed by atoms with Gasteiger partial charge in [0.15, 0.2) is 0 Å². The Labute approximate surface area is 114 Å². The van der Waals surface area contributed by atoms with Gasteiger partial charge in [0.05, 0.1) is 23.1 Å². The van der Waals surface area contributed by atoms with Crippen LogP contribution in [0.1, 0.15) is 11.3 Å². The molecule has 0 aliphatic carbocycles. The zero-order valence-corrected chi connectivity index (χ0v) is 11.0. The first-order chi connectivity index (χ1) is 9.28. The van der Waals surface area contributed by atoms with Gasteiger partial charge in [-0.05, 0) is 30.6 Å². The molecule has 2 heterocycles. The molecule has 0 atom stereocenters. The van der Waals surface area contributed by atoms with Crippen molar-refractivity contribution in [2.75, 3.05) is 5.32 Å². The van der Waals surface area contributed by atoms with Crippen molar-refractivity contribution in [3.05, 3.63) is 47.8 Å². The molecular weight excluding hydrogens is 256 g/mol. The minimum atomic E-state index is 0.596. The van der Waals surface area contributed by atoms with E-state index in [1.165, 1.54) is 11.5 Å². The van der Waals surface area contributed by atoms with E-state index in [0.29, 0.717) is 5.56 Å². The van der Waals surface area contributed by atoms with Gasteiger partial charge in [-0.2, -0.15) is 9.64 Å². The Morgan fingerprint density at radius 3 is 3.00 bits per heavy atom. The van der Waals surface area contributed by atoms with Gasteiger partial charge in [-0.15, -0.1) is 0 Å². The molecule has 92 valence electrons. The number of aromatic nitrogens is 2. The Morgan fingerprint density at radius 2 is 2.16 bits per heavy atom. The van der Waals surface area contributed by atoms with Crippen LogP contribution in [0.5, 0.6) is 0 Å². The van der Waals surface area contributed by atoms with E-state index < -0.39 is 0 Å². The van der Waals surface area contributed by atoms with Crippen LogP contribution in [0.25, 0.3) is 10.9 Å². The normalized spacial score (nSPS) is 10.3. The Hall–Kier alpha value is -2.45. The van der Waals surface area contributed by atoms with Crippen molar-refractivity contribution in [3.63, 3.8) is 0 Å². The summed E-state index contributed by atoms with van der Waals surface area (Å²) in [5.41, 5.74) is 3.16. The van der Waals surface area contributed by atoms with Gasteiger partial charge in [-0.1, -0.05) is 18.2 Å². The summed E-state index contributed by atoms with van der Waals surface area (Å²) in [6.07, 6.45) is 1.76. The summed E-state index contributed by atoms with van der Waals surface area (Å²) in [6, 6.07) is 12.1. The highest BCUT2D eigenvalue weighted by molar-refractivity contribution is 7.10. The van der Waals surface area contributed by atoms with Crippen LogP contribution in [0.15, 0.2) is 36.5 Å². The maximum Gasteiger partial charge on any atom is 0.132 e. The van der Waals surface area contributed by atoms with Gasteiger partial charge in [-0.3, -0.25) is 4.98 Å². The van der Waals surface area contributed by atoms with Gasteiger partial charge < -0.3 is 5.32 Å². The number of nitrogens with zero attached hydrogens (tertiary/aromatic N) is 3. The molecule has 0 saturated carbocycles. The van der Waals surface area contributed by atoms with E-state index in [4.69, 9.17) is 5.26 Å². The van der Waals surface area contributed by atoms with Crippen molar-refractivity contribution in [2.45, 2.75) is 6.92 Å². The molecule has 2 aromatic heterocycles. The summed E-state index contributed by atoms with van der Waals surface area (Å²) >= 11 is 1.29. The number of hydrogen-bond acceptors (Lipinski definition) is 5. The minimum absolute atomic E-state index is 0.596. The van der Waals surface area contributed by atoms with Gasteiger partial charge in [-0.25, -0.2) is 0 Å². The molecule has 3 rings (SSSR count). The van der Waals surface area contributed by atoms with E-state index in [1.807, 2.05) is 37.3 Å². The fourth-order valence-electron chi connectivity index (χ4n) is 1.86. The quantitative estimate of drug-likeness (QED) is 0.769. The molecule has 0 bridgehead atoms. The predicted molar refractivity (Wildman–Crippen MR) is 76.6 cm³/mol. The topological polar surface area (TPSA) is 61.6 Å². The summed E-state index contributed by atoms with van der Waals surface area (Å²) in [5, 5.41) is 14.1. The summed E-state index contributed by atoms with van der Waals surface area (Å²) in [7, 11) is 0. The molecule has 0 spiro atoms. The zero-order valence-electron chi connectivity index (χ0n) is 10.2. The second kappa shape index (κ2) is 4.67. The first-order valence-corrected chi connectivity index (χ1v) is 6.53. The molecule has 0 saturated heterocycles. The number of hydrogen-bond donors (Lipinski definition) is 1. The van der Waals surface area contributed by atoms with Crippen molar-refractivity contribution in [1.82, 2.24) is 9.36 Å². The molecule has 19 heavy (non-hydrogen) atoms. The van der Waals surface area contributed by atoms with E-state index in [1.54, 1.807) is 6.20 Å². The van der Waals surface area contributed by atoms with Crippen molar-refractivity contribution in [2.24, 2.45) is 0 Å². The van der Waals surface area contributed by atoms with E-state index in [9.17, 15) is 0 Å². The number of para-hydroxylation sites is 1. The standard InChI is InChI=1S/C14H10N4S/c1-9-12(7-15)14(19-18-9)17-11-6-10-4-2-3-5-13(10)16-8-11/h2-6,8,17H,1H3. The smallest absolute Gasteiger partial charge is 0.132 e. The lowest BCUT2D eigenvalue weighted by Gasteiger charge is -2.04. The van der Waals surface area contributed by atoms with Crippen LogP contribution in [0.3, 0.4) is 0 Å². The third-order valence-electron chi connectivity index (χ3n) is 2.82. The van der Waals surface area contributed by atoms with Gasteiger partial charge in [0.1, 0.15) is 16.6 Å². The Bertz CT molecular complexity index is 785. The Balaban J connectivity index is 1.99. The van der Waals surface area contributed by atoms with Gasteiger partial charge >= 0.3 is 0 Å². The van der Waals surface area contributed by atoms with Crippen LogP contribution in [0, 0.1) is 18.3 Å². The summed E-state index contributed by atoms with van der Waals surface area (Å²) in [6.45, 7) is 1.83. The van der Waals surface area contributed by atoms with Crippen LogP contribution in [-0.2, 0) is 0 Å². The highest BCUT2D eigenvalue weighted by Gasteiger charge is 2.10. The first kappa shape index (κ1) is 11.6. The lowest BCUT2D eigenvalue weighted by molar-refractivity contribution is 1.31. The minimum Gasteiger partial charge on any atom is -0.344 e. The number of benzene rings is 1. The molecular formula is C14H10N4S. The third kappa shape index (κ3) is 2.14. The molecule has 1 N–H and O–H groups in total. The van der Waals surface area contributed by atoms with Crippen LogP contribution >= 0.6 is 11.5 Å². The Kier molecular flexibility index (Phi) is 2.86. The van der Waals surface area contributed by atoms with Crippen LogP contribution in [0.4, 0.5) is 10.7 Å². The van der Waals surface area contributed by atoms with Crippen molar-refractivity contribution in [3.8, 4) is 6.07 Å². The largest absolute Gasteiger partial charge is 0.344 e. The summed E-state index contributed by atoms with van der Waals surface area (Å²) in [4.78, 5) is 4.38. The average Bonchev–Trinajstić information content (AvgIpc) is 2.79. The monoisotopic (exact) mass is 266 g/mol. The molecule has 1 aromatic carbocycles. The fraction of sp³-hybridized carbons (Fsp3) is 0.0714. The molecule has 0 aliphatic rings. The van der Waals surface area contributed by atoms with E-state index in [-0.39, 0.29) is 0 Å². The predicted octanol–water partition coefficient (Wildman–Crippen LogP) is 3.62. The van der Waals surface area contributed by atoms with Crippen molar-refractivity contribution in [1.29, 1.82) is 5.26 Å². The molecule has 0 aliphatic heterocycles. The first-order valence-electron chi connectivity index (χ1n) is 5.76. The SMILES string of the molecule is Cc1nsc(Nc2cnc3ccccc3c2)c1C#N. The average molecular weight is 266 g/mol. The highest BCUT2D eigenvalue weighted by Crippen LogP contribution is 2.28. The summed E-state index contributed by atoms with van der Waals surface area (Å²) in [5.74, 6) is 0. The third-order valence-corrected chi connectivity index (χ3v) is 3.68. The van der Waals surface area contributed by atoms with Crippen molar-refractivity contribution >= 4 is 33.1 Å². The number of anilines is 2. The number of fused-ring (bicyclic) bond motifs is 1. The highest BCUT2D eigenvalue weighted by atomic mass is 32.1. The maximum atomic E-state index is 9.10. The molecule has 0 fully saturated rings. The van der Waals surface area contributed by atoms with E-state index in [2.05, 4.69) is 20.7 Å². The molecule has 0 radical (unpaired) electrons. The van der Waals surface area contributed by atoms with E-state index >= 15 is 0 Å². The number of nitriles is 1. The zero-order chi connectivity index (χ0) is 13.2. The molecule has 3 aromatic rings. The second-order valence-electron chi connectivity index (χ2n) is 4.13. The number of nitrogens with one attached hydrogen (secondary N) is 1. The maximum absolute atomic E-state index is 9.10. The lowest BCUT2D eigenvalue weighted by atomic mass is 10.2. The molecule has 0 unspecified atom stereocenters. The van der Waals surface area contributed by atoms with Gasteiger partial charge in [0.25, 0.3) is 0 Å². The molecule has 5 heteroatoms. The second-order valence-corrected chi connectivity index (χ2v) is 4.90.